The quantitative estimate of drug-likeness (QED) is 0.0308. The topological polar surface area (TPSA) is 110 Å². The predicted molar refractivity (Wildman–Crippen MR) is 316 cm³/mol. The van der Waals surface area contributed by atoms with E-state index in [-0.39, 0.29) is 0 Å². The summed E-state index contributed by atoms with van der Waals surface area (Å²) in [7, 11) is 0. The van der Waals surface area contributed by atoms with Crippen LogP contribution in [0.5, 0.6) is 0 Å². The molecule has 0 spiro atoms. The van der Waals surface area contributed by atoms with Gasteiger partial charge < -0.3 is 25.7 Å². The Balaban J connectivity index is 3.56. The zero-order valence-corrected chi connectivity index (χ0v) is 48.7. The summed E-state index contributed by atoms with van der Waals surface area (Å²) in [5, 5.41) is 44.1. The molecule has 0 aromatic carbocycles. The summed E-state index contributed by atoms with van der Waals surface area (Å²) in [6, 6.07) is -1.00. The Morgan fingerprint density at radius 1 is 0.333 bits per heavy atom. The van der Waals surface area contributed by atoms with Crippen molar-refractivity contribution in [1.29, 1.82) is 0 Å². The highest BCUT2D eigenvalue weighted by atomic mass is 16.3. The third-order valence-electron chi connectivity index (χ3n) is 15.6. The second-order valence-corrected chi connectivity index (χ2v) is 22.8. The average molecular weight is 1020 g/mol. The maximum atomic E-state index is 12.6. The standard InChI is InChI=1S/C66H129NO5/c1-3-5-7-9-11-13-15-17-19-21-23-25-27-28-29-30-31-32-33-34-35-36-37-38-40-42-44-46-48-50-52-54-56-58-60-64(70)66(72)67-62(61-68)65(71)63(69)59-57-55-53-51-49-47-45-43-41-39-26-24-22-20-18-16-14-12-10-8-6-4-2/h30-31,51,53,62-65,68-71H,3-29,32-50,52,54-61H2,1-2H3,(H,67,72)/b31-30-,53-51+. The lowest BCUT2D eigenvalue weighted by Gasteiger charge is -2.27. The minimum absolute atomic E-state index is 0.366. The van der Waals surface area contributed by atoms with Crippen LogP contribution in [0.15, 0.2) is 24.3 Å². The van der Waals surface area contributed by atoms with E-state index in [9.17, 15) is 25.2 Å². The average Bonchev–Trinajstić information content (AvgIpc) is 3.39. The van der Waals surface area contributed by atoms with Crippen LogP contribution in [0.2, 0.25) is 0 Å². The van der Waals surface area contributed by atoms with Crippen LogP contribution in [0, 0.1) is 0 Å². The van der Waals surface area contributed by atoms with Gasteiger partial charge in [-0.25, -0.2) is 0 Å². The second kappa shape index (κ2) is 60.7. The molecule has 6 nitrogen and oxygen atoms in total. The summed E-state index contributed by atoms with van der Waals surface area (Å²) >= 11 is 0. The summed E-state index contributed by atoms with van der Waals surface area (Å²) in [6.45, 7) is 4.09. The van der Waals surface area contributed by atoms with Gasteiger partial charge >= 0.3 is 0 Å². The number of aliphatic hydroxyl groups excluding tert-OH is 4. The van der Waals surface area contributed by atoms with E-state index < -0.39 is 36.9 Å². The number of aliphatic hydroxyl groups is 4. The van der Waals surface area contributed by atoms with Crippen molar-refractivity contribution in [2.24, 2.45) is 0 Å². The first-order valence-corrected chi connectivity index (χ1v) is 32.7. The maximum absolute atomic E-state index is 12.6. The lowest BCUT2D eigenvalue weighted by atomic mass is 10.00. The molecule has 4 unspecified atom stereocenters. The molecule has 72 heavy (non-hydrogen) atoms. The molecule has 0 aromatic rings. The molecule has 5 N–H and O–H groups in total. The molecule has 6 heteroatoms. The molecule has 428 valence electrons. The van der Waals surface area contributed by atoms with Gasteiger partial charge in [0.15, 0.2) is 0 Å². The Morgan fingerprint density at radius 3 is 0.833 bits per heavy atom. The molecule has 0 rings (SSSR count). The van der Waals surface area contributed by atoms with E-state index in [2.05, 4.69) is 43.5 Å². The highest BCUT2D eigenvalue weighted by Crippen LogP contribution is 2.19. The summed E-state index contributed by atoms with van der Waals surface area (Å²) in [6.07, 6.45) is 75.8. The molecule has 0 saturated carbocycles. The molecular weight excluding hydrogens is 887 g/mol. The molecule has 0 aromatic heterocycles. The van der Waals surface area contributed by atoms with E-state index in [1.807, 2.05) is 0 Å². The second-order valence-electron chi connectivity index (χ2n) is 22.8. The number of allylic oxidation sites excluding steroid dienone is 4. The normalized spacial score (nSPS) is 13.7. The molecule has 0 aliphatic carbocycles. The van der Waals surface area contributed by atoms with Gasteiger partial charge in [0.2, 0.25) is 5.91 Å². The molecule has 0 saturated heterocycles. The van der Waals surface area contributed by atoms with Crippen LogP contribution < -0.4 is 5.32 Å². The van der Waals surface area contributed by atoms with Crippen LogP contribution in [0.3, 0.4) is 0 Å². The first kappa shape index (κ1) is 70.8. The zero-order valence-electron chi connectivity index (χ0n) is 48.7. The number of hydrogen-bond acceptors (Lipinski definition) is 5. The Hall–Kier alpha value is -1.21. The van der Waals surface area contributed by atoms with E-state index in [1.165, 1.54) is 295 Å². The number of nitrogens with one attached hydrogen (secondary N) is 1. The predicted octanol–water partition coefficient (Wildman–Crippen LogP) is 19.8. The van der Waals surface area contributed by atoms with Crippen LogP contribution in [0.25, 0.3) is 0 Å². The molecule has 0 fully saturated rings. The summed E-state index contributed by atoms with van der Waals surface area (Å²) in [5.41, 5.74) is 0. The van der Waals surface area contributed by atoms with E-state index in [1.54, 1.807) is 0 Å². The van der Waals surface area contributed by atoms with Gasteiger partial charge in [-0.1, -0.05) is 321 Å². The van der Waals surface area contributed by atoms with Gasteiger partial charge in [-0.2, -0.15) is 0 Å². The van der Waals surface area contributed by atoms with Gasteiger partial charge in [-0.15, -0.1) is 0 Å². The Bertz CT molecular complexity index is 1100. The number of amides is 1. The van der Waals surface area contributed by atoms with Gasteiger partial charge in [-0.3, -0.25) is 4.79 Å². The lowest BCUT2D eigenvalue weighted by Crippen LogP contribution is -2.53. The number of carbonyl (C=O) groups is 1. The van der Waals surface area contributed by atoms with E-state index >= 15 is 0 Å². The van der Waals surface area contributed by atoms with Crippen molar-refractivity contribution in [1.82, 2.24) is 5.32 Å². The van der Waals surface area contributed by atoms with Crippen molar-refractivity contribution in [3.63, 3.8) is 0 Å². The fourth-order valence-corrected chi connectivity index (χ4v) is 10.5. The zero-order chi connectivity index (χ0) is 52.3. The van der Waals surface area contributed by atoms with E-state index in [4.69, 9.17) is 0 Å². The van der Waals surface area contributed by atoms with Crippen molar-refractivity contribution >= 4 is 5.91 Å². The van der Waals surface area contributed by atoms with Crippen molar-refractivity contribution in [3.05, 3.63) is 24.3 Å². The molecule has 0 radical (unpaired) electrons. The van der Waals surface area contributed by atoms with Crippen molar-refractivity contribution < 1.29 is 25.2 Å². The van der Waals surface area contributed by atoms with Crippen LogP contribution in [-0.4, -0.2) is 57.3 Å². The molecule has 1 amide bonds. The summed E-state index contributed by atoms with van der Waals surface area (Å²) in [5.74, 6) is -0.587. The van der Waals surface area contributed by atoms with Crippen LogP contribution in [-0.2, 0) is 4.79 Å². The largest absolute Gasteiger partial charge is 0.394 e. The highest BCUT2D eigenvalue weighted by molar-refractivity contribution is 5.80. The van der Waals surface area contributed by atoms with E-state index in [0.717, 1.165) is 38.5 Å². The van der Waals surface area contributed by atoms with Gasteiger partial charge in [0.05, 0.1) is 18.8 Å². The lowest BCUT2D eigenvalue weighted by molar-refractivity contribution is -0.132. The molecular formula is C66H129NO5. The van der Waals surface area contributed by atoms with Crippen molar-refractivity contribution in [3.8, 4) is 0 Å². The summed E-state index contributed by atoms with van der Waals surface area (Å²) < 4.78 is 0. The molecule has 4 atom stereocenters. The first-order chi connectivity index (χ1) is 35.5. The van der Waals surface area contributed by atoms with Crippen LogP contribution in [0.1, 0.15) is 361 Å². The number of carbonyl (C=O) groups excluding carboxylic acids is 1. The minimum Gasteiger partial charge on any atom is -0.394 e. The SMILES string of the molecule is CCCCCCCCCCCCCCCC/C=C\CCCCCCCCCCCCCCCCCCC(O)C(=O)NC(CO)C(O)C(O)CCC/C=C/CCCCCCCCCCCCCCCCCCC. The van der Waals surface area contributed by atoms with Crippen molar-refractivity contribution in [2.45, 2.75) is 385 Å². The van der Waals surface area contributed by atoms with Gasteiger partial charge in [-0.05, 0) is 64.2 Å². The van der Waals surface area contributed by atoms with Gasteiger partial charge in [0.25, 0.3) is 0 Å². The Morgan fingerprint density at radius 2 is 0.569 bits per heavy atom. The van der Waals surface area contributed by atoms with Crippen LogP contribution >= 0.6 is 0 Å². The number of rotatable bonds is 61. The monoisotopic (exact) mass is 1020 g/mol. The van der Waals surface area contributed by atoms with Crippen molar-refractivity contribution in [2.75, 3.05) is 6.61 Å². The first-order valence-electron chi connectivity index (χ1n) is 32.7. The summed E-state index contributed by atoms with van der Waals surface area (Å²) in [4.78, 5) is 12.6. The Labute approximate surface area is 450 Å². The van der Waals surface area contributed by atoms with Gasteiger partial charge in [0, 0.05) is 0 Å². The fourth-order valence-electron chi connectivity index (χ4n) is 10.5. The maximum Gasteiger partial charge on any atom is 0.249 e. The molecule has 0 heterocycles. The molecule has 0 aliphatic rings. The number of hydrogen-bond donors (Lipinski definition) is 5. The van der Waals surface area contributed by atoms with Gasteiger partial charge in [0.1, 0.15) is 12.2 Å². The van der Waals surface area contributed by atoms with Crippen LogP contribution in [0.4, 0.5) is 0 Å². The van der Waals surface area contributed by atoms with E-state index in [0.29, 0.717) is 12.8 Å². The minimum atomic E-state index is -1.28. The highest BCUT2D eigenvalue weighted by Gasteiger charge is 2.28. The Kier molecular flexibility index (Phi) is 59.6. The third kappa shape index (κ3) is 53.6. The smallest absolute Gasteiger partial charge is 0.249 e. The number of unbranched alkanes of at least 4 members (excludes halogenated alkanes) is 48. The molecule has 0 bridgehead atoms. The molecule has 0 aliphatic heterocycles. The fraction of sp³-hybridized carbons (Fsp3) is 0.924. The third-order valence-corrected chi connectivity index (χ3v) is 15.6.